The molecule has 0 bridgehead atoms. The van der Waals surface area contributed by atoms with Crippen molar-refractivity contribution in [2.45, 2.75) is 50.7 Å². The van der Waals surface area contributed by atoms with Gasteiger partial charge in [-0.25, -0.2) is 13.4 Å². The Balaban J connectivity index is 2.26. The predicted molar refractivity (Wildman–Crippen MR) is 73.2 cm³/mol. The molecular formula is C12H22N4O2S. The van der Waals surface area contributed by atoms with Crippen molar-refractivity contribution in [3.05, 3.63) is 12.0 Å². The van der Waals surface area contributed by atoms with Crippen LogP contribution < -0.4 is 5.73 Å². The second-order valence-electron chi connectivity index (χ2n) is 5.09. The smallest absolute Gasteiger partial charge is 0.262 e. The molecule has 0 spiro atoms. The minimum atomic E-state index is -3.49. The quantitative estimate of drug-likeness (QED) is 0.884. The van der Waals surface area contributed by atoms with Crippen LogP contribution in [0.15, 0.2) is 11.2 Å². The van der Waals surface area contributed by atoms with Crippen LogP contribution in [0.25, 0.3) is 0 Å². The predicted octanol–water partition coefficient (Wildman–Crippen LogP) is 0.713. The van der Waals surface area contributed by atoms with Crippen LogP contribution in [-0.4, -0.2) is 41.4 Å². The molecule has 1 aromatic rings. The highest BCUT2D eigenvalue weighted by Gasteiger charge is 2.31. The van der Waals surface area contributed by atoms with Crippen LogP contribution in [0.5, 0.6) is 0 Å². The number of aryl methyl sites for hydroxylation is 2. The topological polar surface area (TPSA) is 81.2 Å². The van der Waals surface area contributed by atoms with E-state index in [4.69, 9.17) is 5.73 Å². The Kier molecular flexibility index (Phi) is 4.27. The normalized spacial score (nSPS) is 21.7. The number of sulfonamides is 1. The Bertz CT molecular complexity index is 538. The molecule has 0 saturated carbocycles. The Morgan fingerprint density at radius 3 is 2.89 bits per heavy atom. The maximum Gasteiger partial charge on any atom is 0.262 e. The van der Waals surface area contributed by atoms with Gasteiger partial charge >= 0.3 is 0 Å². The van der Waals surface area contributed by atoms with Gasteiger partial charge in [0.05, 0.1) is 0 Å². The summed E-state index contributed by atoms with van der Waals surface area (Å²) in [6.07, 6.45) is 4.28. The summed E-state index contributed by atoms with van der Waals surface area (Å²) in [5, 5.41) is 0.146. The Morgan fingerprint density at radius 2 is 2.26 bits per heavy atom. The minimum absolute atomic E-state index is 0.0673. The van der Waals surface area contributed by atoms with Crippen molar-refractivity contribution in [3.63, 3.8) is 0 Å². The van der Waals surface area contributed by atoms with Gasteiger partial charge in [0.1, 0.15) is 5.82 Å². The molecule has 19 heavy (non-hydrogen) atoms. The van der Waals surface area contributed by atoms with E-state index in [2.05, 4.69) is 11.9 Å². The summed E-state index contributed by atoms with van der Waals surface area (Å²) in [5.41, 5.74) is 5.85. The molecule has 1 unspecified atom stereocenters. The number of hydrogen-bond donors (Lipinski definition) is 1. The number of hydrogen-bond acceptors (Lipinski definition) is 4. The van der Waals surface area contributed by atoms with Crippen molar-refractivity contribution >= 4 is 10.0 Å². The number of nitrogens with two attached hydrogens (primary N) is 1. The zero-order valence-corrected chi connectivity index (χ0v) is 12.4. The third-order valence-electron chi connectivity index (χ3n) is 3.44. The van der Waals surface area contributed by atoms with Crippen molar-refractivity contribution in [1.82, 2.24) is 13.9 Å². The van der Waals surface area contributed by atoms with Gasteiger partial charge in [-0.3, -0.25) is 0 Å². The van der Waals surface area contributed by atoms with Gasteiger partial charge in [-0.2, -0.15) is 4.31 Å². The van der Waals surface area contributed by atoms with Crippen molar-refractivity contribution in [1.29, 1.82) is 0 Å². The molecule has 2 N–H and O–H groups in total. The van der Waals surface area contributed by atoms with E-state index in [1.165, 1.54) is 4.31 Å². The fourth-order valence-electron chi connectivity index (χ4n) is 2.40. The Hall–Kier alpha value is -0.920. The molecule has 1 fully saturated rings. The van der Waals surface area contributed by atoms with Crippen molar-refractivity contribution in [2.24, 2.45) is 5.73 Å². The lowest BCUT2D eigenvalue weighted by Crippen LogP contribution is -2.45. The van der Waals surface area contributed by atoms with Crippen molar-refractivity contribution in [3.8, 4) is 0 Å². The van der Waals surface area contributed by atoms with E-state index < -0.39 is 10.0 Å². The van der Waals surface area contributed by atoms with E-state index in [1.807, 2.05) is 11.5 Å². The Morgan fingerprint density at radius 1 is 1.53 bits per heavy atom. The lowest BCUT2D eigenvalue weighted by Gasteiger charge is -2.29. The van der Waals surface area contributed by atoms with Crippen LogP contribution in [0.3, 0.4) is 0 Å². The molecule has 2 heterocycles. The number of aromatic nitrogens is 2. The second-order valence-corrected chi connectivity index (χ2v) is 6.97. The number of nitrogens with zero attached hydrogens (tertiary/aromatic N) is 3. The van der Waals surface area contributed by atoms with E-state index in [9.17, 15) is 8.42 Å². The first-order valence-electron chi connectivity index (χ1n) is 6.74. The summed E-state index contributed by atoms with van der Waals surface area (Å²) in [4.78, 5) is 4.19. The monoisotopic (exact) mass is 286 g/mol. The summed E-state index contributed by atoms with van der Waals surface area (Å²) < 4.78 is 28.3. The van der Waals surface area contributed by atoms with Gasteiger partial charge in [-0.05, 0) is 26.2 Å². The molecule has 0 amide bonds. The van der Waals surface area contributed by atoms with Gasteiger partial charge in [0, 0.05) is 31.9 Å². The Labute approximate surface area is 114 Å². The third kappa shape index (κ3) is 2.98. The molecule has 0 aromatic carbocycles. The summed E-state index contributed by atoms with van der Waals surface area (Å²) >= 11 is 0. The highest BCUT2D eigenvalue weighted by atomic mass is 32.2. The number of imidazole rings is 1. The summed E-state index contributed by atoms with van der Waals surface area (Å²) in [6.45, 7) is 5.60. The van der Waals surface area contributed by atoms with Gasteiger partial charge in [0.15, 0.2) is 5.03 Å². The van der Waals surface area contributed by atoms with E-state index in [1.54, 1.807) is 6.20 Å². The summed E-state index contributed by atoms with van der Waals surface area (Å²) in [5.74, 6) is 0.738. The molecule has 0 aliphatic carbocycles. The van der Waals surface area contributed by atoms with E-state index in [0.717, 1.165) is 31.6 Å². The molecular weight excluding hydrogens is 264 g/mol. The zero-order chi connectivity index (χ0) is 14.0. The molecule has 1 saturated heterocycles. The first kappa shape index (κ1) is 14.5. The van der Waals surface area contributed by atoms with Crippen molar-refractivity contribution < 1.29 is 8.42 Å². The first-order chi connectivity index (χ1) is 8.95. The lowest BCUT2D eigenvalue weighted by atomic mass is 10.1. The van der Waals surface area contributed by atoms with Crippen LogP contribution in [0.4, 0.5) is 0 Å². The largest absolute Gasteiger partial charge is 0.334 e. The van der Waals surface area contributed by atoms with Crippen LogP contribution >= 0.6 is 0 Å². The minimum Gasteiger partial charge on any atom is -0.334 e. The maximum atomic E-state index is 12.5. The van der Waals surface area contributed by atoms with Crippen molar-refractivity contribution in [2.75, 3.05) is 13.1 Å². The number of rotatable bonds is 4. The highest BCUT2D eigenvalue weighted by molar-refractivity contribution is 7.89. The fourth-order valence-corrected chi connectivity index (χ4v) is 3.93. The first-order valence-corrected chi connectivity index (χ1v) is 8.18. The van der Waals surface area contributed by atoms with Crippen LogP contribution in [0.2, 0.25) is 0 Å². The maximum absolute atomic E-state index is 12.5. The standard InChI is InChI=1S/C12H22N4O2S/c1-3-6-15-9-12(14-10(15)2)19(17,18)16-7-4-5-11(13)8-16/h9,11H,3-8,13H2,1-2H3. The van der Waals surface area contributed by atoms with E-state index in [-0.39, 0.29) is 11.1 Å². The van der Waals surface area contributed by atoms with Gasteiger partial charge in [-0.15, -0.1) is 0 Å². The van der Waals surface area contributed by atoms with Crippen LogP contribution in [0.1, 0.15) is 32.0 Å². The molecule has 0 radical (unpaired) electrons. The average molecular weight is 286 g/mol. The molecule has 1 aliphatic heterocycles. The summed E-state index contributed by atoms with van der Waals surface area (Å²) in [7, 11) is -3.49. The van der Waals surface area contributed by atoms with Gasteiger partial charge < -0.3 is 10.3 Å². The molecule has 1 aliphatic rings. The highest BCUT2D eigenvalue weighted by Crippen LogP contribution is 2.19. The van der Waals surface area contributed by atoms with E-state index >= 15 is 0 Å². The van der Waals surface area contributed by atoms with Gasteiger partial charge in [-0.1, -0.05) is 6.92 Å². The van der Waals surface area contributed by atoms with Crippen LogP contribution in [0, 0.1) is 6.92 Å². The third-order valence-corrected chi connectivity index (χ3v) is 5.18. The molecule has 6 nitrogen and oxygen atoms in total. The fraction of sp³-hybridized carbons (Fsp3) is 0.750. The molecule has 1 aromatic heterocycles. The molecule has 7 heteroatoms. The second kappa shape index (κ2) is 5.60. The van der Waals surface area contributed by atoms with Gasteiger partial charge in [0.2, 0.25) is 0 Å². The molecule has 108 valence electrons. The molecule has 2 rings (SSSR count). The number of piperidine rings is 1. The van der Waals surface area contributed by atoms with Crippen LogP contribution in [-0.2, 0) is 16.6 Å². The average Bonchev–Trinajstić information content (AvgIpc) is 2.72. The molecule has 1 atom stereocenters. The van der Waals surface area contributed by atoms with E-state index in [0.29, 0.717) is 13.1 Å². The zero-order valence-electron chi connectivity index (χ0n) is 11.5. The van der Waals surface area contributed by atoms with Gasteiger partial charge in [0.25, 0.3) is 10.0 Å². The SMILES string of the molecule is CCCn1cc(S(=O)(=O)N2CCCC(N)C2)nc1C. The summed E-state index contributed by atoms with van der Waals surface area (Å²) in [6, 6.07) is -0.0673. The lowest BCUT2D eigenvalue weighted by molar-refractivity contribution is 0.315.